The lowest BCUT2D eigenvalue weighted by Gasteiger charge is -2.35. The molecular formula is C18H20ClN7O. The zero-order valence-corrected chi connectivity index (χ0v) is 15.6. The summed E-state index contributed by atoms with van der Waals surface area (Å²) in [5.41, 5.74) is 2.54. The molecule has 0 bridgehead atoms. The number of halogens is 1. The number of alkyl halides is 1. The SMILES string of the molecule is O=C(CCCl)N1CCN(c2ncnc3c2nnn3Cc2ccccc2)CC1. The van der Waals surface area contributed by atoms with E-state index in [1.165, 1.54) is 0 Å². The van der Waals surface area contributed by atoms with E-state index in [0.717, 1.165) is 11.4 Å². The lowest BCUT2D eigenvalue weighted by Crippen LogP contribution is -2.49. The Morgan fingerprint density at radius 3 is 2.59 bits per heavy atom. The van der Waals surface area contributed by atoms with E-state index in [1.807, 2.05) is 35.2 Å². The molecule has 4 rings (SSSR count). The second-order valence-electron chi connectivity index (χ2n) is 6.41. The van der Waals surface area contributed by atoms with Crippen LogP contribution in [0.5, 0.6) is 0 Å². The summed E-state index contributed by atoms with van der Waals surface area (Å²) in [7, 11) is 0. The Morgan fingerprint density at radius 1 is 1.07 bits per heavy atom. The van der Waals surface area contributed by atoms with Gasteiger partial charge in [-0.25, -0.2) is 14.6 Å². The Labute approximate surface area is 161 Å². The predicted octanol–water partition coefficient (Wildman–Crippen LogP) is 1.55. The first kappa shape index (κ1) is 17.7. The van der Waals surface area contributed by atoms with Gasteiger partial charge in [0.25, 0.3) is 0 Å². The van der Waals surface area contributed by atoms with E-state index < -0.39 is 0 Å². The number of carbonyl (C=O) groups excluding carboxylic acids is 1. The Morgan fingerprint density at radius 2 is 1.85 bits per heavy atom. The summed E-state index contributed by atoms with van der Waals surface area (Å²) in [6.07, 6.45) is 1.93. The van der Waals surface area contributed by atoms with Gasteiger partial charge in [-0.3, -0.25) is 4.79 Å². The summed E-state index contributed by atoms with van der Waals surface area (Å²) in [5, 5.41) is 8.59. The van der Waals surface area contributed by atoms with Crippen LogP contribution in [0, 0.1) is 0 Å². The van der Waals surface area contributed by atoms with Gasteiger partial charge in [0.1, 0.15) is 6.33 Å². The number of carbonyl (C=O) groups is 1. The van der Waals surface area contributed by atoms with E-state index in [1.54, 1.807) is 11.0 Å². The molecule has 0 N–H and O–H groups in total. The minimum absolute atomic E-state index is 0.103. The van der Waals surface area contributed by atoms with Crippen molar-refractivity contribution in [3.63, 3.8) is 0 Å². The Kier molecular flexibility index (Phi) is 5.15. The van der Waals surface area contributed by atoms with Crippen LogP contribution in [0.4, 0.5) is 5.82 Å². The van der Waals surface area contributed by atoms with Crippen molar-refractivity contribution in [3.8, 4) is 0 Å². The van der Waals surface area contributed by atoms with Crippen molar-refractivity contribution in [1.29, 1.82) is 0 Å². The van der Waals surface area contributed by atoms with Crippen molar-refractivity contribution < 1.29 is 4.79 Å². The monoisotopic (exact) mass is 385 g/mol. The molecule has 0 saturated carbocycles. The third kappa shape index (κ3) is 3.71. The predicted molar refractivity (Wildman–Crippen MR) is 103 cm³/mol. The third-order valence-corrected chi connectivity index (χ3v) is 4.89. The van der Waals surface area contributed by atoms with E-state index in [4.69, 9.17) is 11.6 Å². The molecule has 1 aromatic carbocycles. The van der Waals surface area contributed by atoms with Crippen molar-refractivity contribution in [2.24, 2.45) is 0 Å². The average Bonchev–Trinajstić information content (AvgIpc) is 3.12. The van der Waals surface area contributed by atoms with Gasteiger partial charge in [0.2, 0.25) is 5.91 Å². The minimum atomic E-state index is 0.103. The molecule has 0 atom stereocenters. The molecule has 3 heterocycles. The fourth-order valence-corrected chi connectivity index (χ4v) is 3.44. The van der Waals surface area contributed by atoms with E-state index in [0.29, 0.717) is 56.2 Å². The Bertz CT molecular complexity index is 922. The van der Waals surface area contributed by atoms with Gasteiger partial charge in [0.05, 0.1) is 6.54 Å². The first-order valence-electron chi connectivity index (χ1n) is 8.93. The molecule has 3 aromatic rings. The maximum Gasteiger partial charge on any atom is 0.223 e. The number of fused-ring (bicyclic) bond motifs is 1. The molecule has 1 amide bonds. The first-order valence-corrected chi connectivity index (χ1v) is 9.46. The first-order chi connectivity index (χ1) is 13.3. The summed E-state index contributed by atoms with van der Waals surface area (Å²) in [4.78, 5) is 24.8. The Hall–Kier alpha value is -2.74. The normalized spacial score (nSPS) is 14.7. The molecule has 9 heteroatoms. The lowest BCUT2D eigenvalue weighted by molar-refractivity contribution is -0.131. The number of piperazine rings is 1. The van der Waals surface area contributed by atoms with Crippen LogP contribution in [-0.4, -0.2) is 67.8 Å². The lowest BCUT2D eigenvalue weighted by atomic mass is 10.2. The van der Waals surface area contributed by atoms with Gasteiger partial charge in [0, 0.05) is 38.5 Å². The molecule has 1 fully saturated rings. The third-order valence-electron chi connectivity index (χ3n) is 4.70. The van der Waals surface area contributed by atoms with E-state index in [9.17, 15) is 4.79 Å². The highest BCUT2D eigenvalue weighted by Crippen LogP contribution is 2.22. The number of benzene rings is 1. The number of hydrogen-bond acceptors (Lipinski definition) is 6. The maximum absolute atomic E-state index is 12.0. The number of anilines is 1. The van der Waals surface area contributed by atoms with Crippen LogP contribution in [0.15, 0.2) is 36.7 Å². The van der Waals surface area contributed by atoms with Gasteiger partial charge >= 0.3 is 0 Å². The molecule has 0 spiro atoms. The van der Waals surface area contributed by atoms with Gasteiger partial charge in [-0.05, 0) is 5.56 Å². The zero-order chi connectivity index (χ0) is 18.6. The van der Waals surface area contributed by atoms with Gasteiger partial charge in [-0.15, -0.1) is 16.7 Å². The molecule has 27 heavy (non-hydrogen) atoms. The average molecular weight is 386 g/mol. The Balaban J connectivity index is 1.53. The van der Waals surface area contributed by atoms with Crippen LogP contribution in [0.1, 0.15) is 12.0 Å². The van der Waals surface area contributed by atoms with Gasteiger partial charge in [-0.1, -0.05) is 35.5 Å². The van der Waals surface area contributed by atoms with Crippen molar-refractivity contribution in [2.45, 2.75) is 13.0 Å². The number of nitrogens with zero attached hydrogens (tertiary/aromatic N) is 7. The number of aromatic nitrogens is 5. The summed E-state index contributed by atoms with van der Waals surface area (Å²) >= 11 is 5.67. The molecular weight excluding hydrogens is 366 g/mol. The van der Waals surface area contributed by atoms with Crippen LogP contribution in [0.3, 0.4) is 0 Å². The second-order valence-corrected chi connectivity index (χ2v) is 6.79. The highest BCUT2D eigenvalue weighted by molar-refractivity contribution is 6.18. The topological polar surface area (TPSA) is 80.0 Å². The molecule has 8 nitrogen and oxygen atoms in total. The number of hydrogen-bond donors (Lipinski definition) is 0. The molecule has 1 aliphatic rings. The highest BCUT2D eigenvalue weighted by atomic mass is 35.5. The van der Waals surface area contributed by atoms with Gasteiger partial charge < -0.3 is 9.80 Å². The van der Waals surface area contributed by atoms with Gasteiger partial charge in [0.15, 0.2) is 17.0 Å². The van der Waals surface area contributed by atoms with Crippen LogP contribution < -0.4 is 4.90 Å². The quantitative estimate of drug-likeness (QED) is 0.620. The van der Waals surface area contributed by atoms with E-state index >= 15 is 0 Å². The fraction of sp³-hybridized carbons (Fsp3) is 0.389. The minimum Gasteiger partial charge on any atom is -0.351 e. The van der Waals surface area contributed by atoms with Crippen LogP contribution in [0.2, 0.25) is 0 Å². The largest absolute Gasteiger partial charge is 0.351 e. The number of amides is 1. The van der Waals surface area contributed by atoms with Crippen molar-refractivity contribution in [2.75, 3.05) is 37.0 Å². The zero-order valence-electron chi connectivity index (χ0n) is 14.8. The maximum atomic E-state index is 12.0. The van der Waals surface area contributed by atoms with Crippen molar-refractivity contribution in [1.82, 2.24) is 29.9 Å². The molecule has 0 unspecified atom stereocenters. The van der Waals surface area contributed by atoms with Crippen LogP contribution in [0.25, 0.3) is 11.2 Å². The molecule has 140 valence electrons. The second kappa shape index (κ2) is 7.87. The summed E-state index contributed by atoms with van der Waals surface area (Å²) in [6.45, 7) is 3.31. The highest BCUT2D eigenvalue weighted by Gasteiger charge is 2.24. The molecule has 0 aliphatic carbocycles. The van der Waals surface area contributed by atoms with Crippen LogP contribution in [-0.2, 0) is 11.3 Å². The summed E-state index contributed by atoms with van der Waals surface area (Å²) < 4.78 is 1.79. The van der Waals surface area contributed by atoms with Crippen LogP contribution >= 0.6 is 11.6 Å². The molecule has 1 aliphatic heterocycles. The smallest absolute Gasteiger partial charge is 0.223 e. The molecule has 2 aromatic heterocycles. The summed E-state index contributed by atoms with van der Waals surface area (Å²) in [6, 6.07) is 10.1. The molecule has 1 saturated heterocycles. The summed E-state index contributed by atoms with van der Waals surface area (Å²) in [5.74, 6) is 1.23. The van der Waals surface area contributed by atoms with Gasteiger partial charge in [-0.2, -0.15) is 0 Å². The number of rotatable bonds is 5. The van der Waals surface area contributed by atoms with Crippen molar-refractivity contribution in [3.05, 3.63) is 42.2 Å². The fourth-order valence-electron chi connectivity index (χ4n) is 3.28. The van der Waals surface area contributed by atoms with Crippen molar-refractivity contribution >= 4 is 34.5 Å². The molecule has 0 radical (unpaired) electrons. The van der Waals surface area contributed by atoms with E-state index in [2.05, 4.69) is 25.2 Å². The van der Waals surface area contributed by atoms with E-state index in [-0.39, 0.29) is 5.91 Å². The standard InChI is InChI=1S/C18H20ClN7O/c19-7-6-15(27)24-8-10-25(11-9-24)17-16-18(21-13-20-17)26(23-22-16)12-14-4-2-1-3-5-14/h1-5,13H,6-12H2.